The third kappa shape index (κ3) is 4.44. The van der Waals surface area contributed by atoms with Gasteiger partial charge in [0.25, 0.3) is 5.56 Å². The van der Waals surface area contributed by atoms with Crippen LogP contribution in [0.4, 0.5) is 0 Å². The Balaban J connectivity index is 2.97. The first kappa shape index (κ1) is 17.9. The van der Waals surface area contributed by atoms with Crippen molar-refractivity contribution in [2.45, 2.75) is 58.5 Å². The van der Waals surface area contributed by atoms with Crippen LogP contribution in [0, 0.1) is 6.92 Å². The second-order valence-electron chi connectivity index (χ2n) is 5.34. The van der Waals surface area contributed by atoms with Gasteiger partial charge in [0.05, 0.1) is 0 Å². The van der Waals surface area contributed by atoms with Gasteiger partial charge in [0, 0.05) is 11.8 Å². The zero-order chi connectivity index (χ0) is 16.7. The average molecular weight is 308 g/mol. The van der Waals surface area contributed by atoms with Crippen LogP contribution in [0.25, 0.3) is 0 Å². The molecule has 0 saturated carbocycles. The van der Waals surface area contributed by atoms with E-state index < -0.39 is 24.0 Å². The molecule has 2 N–H and O–H groups in total. The number of aliphatic carboxylic acids is 1. The van der Waals surface area contributed by atoms with Crippen LogP contribution in [0.3, 0.4) is 0 Å². The normalized spacial score (nSPS) is 13.4. The molecule has 122 valence electrons. The maximum absolute atomic E-state index is 12.4. The molecule has 0 spiro atoms. The fourth-order valence-corrected chi connectivity index (χ4v) is 2.42. The summed E-state index contributed by atoms with van der Waals surface area (Å²) in [4.78, 5) is 35.7. The highest BCUT2D eigenvalue weighted by Crippen LogP contribution is 2.13. The smallest absolute Gasteiger partial charge is 0.326 e. The number of carbonyl (C=O) groups is 2. The van der Waals surface area contributed by atoms with Crippen molar-refractivity contribution in [1.82, 2.24) is 9.88 Å². The number of aryl methyl sites for hydroxylation is 1. The minimum atomic E-state index is -1.05. The zero-order valence-electron chi connectivity index (χ0n) is 13.3. The van der Waals surface area contributed by atoms with Crippen molar-refractivity contribution in [2.24, 2.45) is 0 Å². The maximum atomic E-state index is 12.4. The van der Waals surface area contributed by atoms with Crippen molar-refractivity contribution in [3.8, 4) is 0 Å². The van der Waals surface area contributed by atoms with Crippen LogP contribution in [-0.4, -0.2) is 27.6 Å². The lowest BCUT2D eigenvalue weighted by Crippen LogP contribution is -2.45. The third-order valence-corrected chi connectivity index (χ3v) is 3.66. The van der Waals surface area contributed by atoms with E-state index in [0.717, 1.165) is 12.8 Å². The largest absolute Gasteiger partial charge is 0.480 e. The van der Waals surface area contributed by atoms with Gasteiger partial charge in [0.2, 0.25) is 5.91 Å². The van der Waals surface area contributed by atoms with E-state index in [0.29, 0.717) is 18.5 Å². The lowest BCUT2D eigenvalue weighted by atomic mass is 10.1. The standard InChI is InChI=1S/C16H24N2O4/c1-4-6-9-12(16(21)22)17-15(20)13(5-2)18-11(3)8-7-10-14(18)19/h7-8,10,12-13H,4-6,9H2,1-3H3,(H,17,20)(H,21,22). The summed E-state index contributed by atoms with van der Waals surface area (Å²) in [7, 11) is 0. The Hall–Kier alpha value is -2.11. The van der Waals surface area contributed by atoms with Gasteiger partial charge in [-0.1, -0.05) is 32.8 Å². The molecule has 1 heterocycles. The molecule has 1 amide bonds. The van der Waals surface area contributed by atoms with Crippen LogP contribution in [-0.2, 0) is 9.59 Å². The van der Waals surface area contributed by atoms with Crippen LogP contribution in [0.2, 0.25) is 0 Å². The summed E-state index contributed by atoms with van der Waals surface area (Å²) in [5, 5.41) is 11.8. The first-order chi connectivity index (χ1) is 10.4. The predicted octanol–water partition coefficient (Wildman–Crippen LogP) is 1.87. The molecule has 1 aromatic rings. The molecule has 1 aromatic heterocycles. The maximum Gasteiger partial charge on any atom is 0.326 e. The lowest BCUT2D eigenvalue weighted by Gasteiger charge is -2.22. The number of hydrogen-bond donors (Lipinski definition) is 2. The molecule has 0 fully saturated rings. The number of carboxylic acids is 1. The molecule has 0 aliphatic carbocycles. The zero-order valence-corrected chi connectivity index (χ0v) is 13.3. The highest BCUT2D eigenvalue weighted by molar-refractivity contribution is 5.86. The second kappa shape index (κ2) is 8.36. The highest BCUT2D eigenvalue weighted by atomic mass is 16.4. The number of aromatic nitrogens is 1. The first-order valence-corrected chi connectivity index (χ1v) is 7.63. The molecule has 22 heavy (non-hydrogen) atoms. The molecule has 0 aliphatic heterocycles. The molecule has 6 heteroatoms. The van der Waals surface area contributed by atoms with Gasteiger partial charge in [-0.3, -0.25) is 9.59 Å². The third-order valence-electron chi connectivity index (χ3n) is 3.66. The lowest BCUT2D eigenvalue weighted by molar-refractivity contribution is -0.142. The van der Waals surface area contributed by atoms with Crippen molar-refractivity contribution in [3.63, 3.8) is 0 Å². The number of hydrogen-bond acceptors (Lipinski definition) is 3. The Morgan fingerprint density at radius 3 is 2.50 bits per heavy atom. The average Bonchev–Trinajstić information content (AvgIpc) is 2.46. The summed E-state index contributed by atoms with van der Waals surface area (Å²) < 4.78 is 1.41. The number of amides is 1. The highest BCUT2D eigenvalue weighted by Gasteiger charge is 2.26. The molecule has 1 rings (SSSR count). The molecule has 0 saturated heterocycles. The van der Waals surface area contributed by atoms with Crippen LogP contribution in [0.15, 0.2) is 23.0 Å². The minimum absolute atomic E-state index is 0.262. The van der Waals surface area contributed by atoms with Crippen molar-refractivity contribution in [2.75, 3.05) is 0 Å². The van der Waals surface area contributed by atoms with Gasteiger partial charge in [-0.15, -0.1) is 0 Å². The van der Waals surface area contributed by atoms with Gasteiger partial charge in [0.15, 0.2) is 0 Å². The summed E-state index contributed by atoms with van der Waals surface area (Å²) in [5.41, 5.74) is 0.414. The predicted molar refractivity (Wildman–Crippen MR) is 83.9 cm³/mol. The molecule has 0 bridgehead atoms. The molecule has 2 atom stereocenters. The molecular formula is C16H24N2O4. The van der Waals surface area contributed by atoms with Gasteiger partial charge in [0.1, 0.15) is 12.1 Å². The van der Waals surface area contributed by atoms with Gasteiger partial charge >= 0.3 is 5.97 Å². The van der Waals surface area contributed by atoms with Crippen LogP contribution < -0.4 is 10.9 Å². The summed E-state index contributed by atoms with van der Waals surface area (Å²) in [5.74, 6) is -1.48. The first-order valence-electron chi connectivity index (χ1n) is 7.63. The van der Waals surface area contributed by atoms with E-state index in [2.05, 4.69) is 5.32 Å². The molecule has 6 nitrogen and oxygen atoms in total. The Labute approximate surface area is 130 Å². The van der Waals surface area contributed by atoms with Crippen LogP contribution >= 0.6 is 0 Å². The number of carbonyl (C=O) groups excluding carboxylic acids is 1. The van der Waals surface area contributed by atoms with Gasteiger partial charge in [-0.05, 0) is 25.8 Å². The van der Waals surface area contributed by atoms with E-state index in [9.17, 15) is 19.5 Å². The van der Waals surface area contributed by atoms with Gasteiger partial charge in [-0.25, -0.2) is 4.79 Å². The number of unbranched alkanes of at least 4 members (excludes halogenated alkanes) is 1. The number of nitrogens with zero attached hydrogens (tertiary/aromatic N) is 1. The van der Waals surface area contributed by atoms with Gasteiger partial charge < -0.3 is 15.0 Å². The fraction of sp³-hybridized carbons (Fsp3) is 0.562. The Morgan fingerprint density at radius 1 is 1.32 bits per heavy atom. The SMILES string of the molecule is CCCCC(NC(=O)C(CC)n1c(C)cccc1=O)C(=O)O. The molecule has 2 unspecified atom stereocenters. The Bertz CT molecular complexity index is 580. The molecular weight excluding hydrogens is 284 g/mol. The molecule has 0 aromatic carbocycles. The van der Waals surface area contributed by atoms with Crippen LogP contribution in [0.5, 0.6) is 0 Å². The summed E-state index contributed by atoms with van der Waals surface area (Å²) >= 11 is 0. The van der Waals surface area contributed by atoms with Crippen molar-refractivity contribution >= 4 is 11.9 Å². The van der Waals surface area contributed by atoms with Crippen molar-refractivity contribution in [1.29, 1.82) is 0 Å². The summed E-state index contributed by atoms with van der Waals surface area (Å²) in [6, 6.07) is 3.18. The Morgan fingerprint density at radius 2 is 2.00 bits per heavy atom. The van der Waals surface area contributed by atoms with Crippen molar-refractivity contribution < 1.29 is 14.7 Å². The monoisotopic (exact) mass is 308 g/mol. The van der Waals surface area contributed by atoms with E-state index in [1.165, 1.54) is 10.6 Å². The molecule has 0 aliphatic rings. The summed E-state index contributed by atoms with van der Waals surface area (Å²) in [6.45, 7) is 5.51. The Kier molecular flexibility index (Phi) is 6.82. The van der Waals surface area contributed by atoms with Crippen molar-refractivity contribution in [3.05, 3.63) is 34.2 Å². The topological polar surface area (TPSA) is 88.4 Å². The number of pyridine rings is 1. The fourth-order valence-electron chi connectivity index (χ4n) is 2.42. The van der Waals surface area contributed by atoms with Gasteiger partial charge in [-0.2, -0.15) is 0 Å². The van der Waals surface area contributed by atoms with E-state index in [1.807, 2.05) is 6.92 Å². The quantitative estimate of drug-likeness (QED) is 0.767. The second-order valence-corrected chi connectivity index (χ2v) is 5.34. The van der Waals surface area contributed by atoms with Crippen LogP contribution in [0.1, 0.15) is 51.3 Å². The van der Waals surface area contributed by atoms with E-state index in [4.69, 9.17) is 0 Å². The van der Waals surface area contributed by atoms with E-state index in [1.54, 1.807) is 26.0 Å². The summed E-state index contributed by atoms with van der Waals surface area (Å²) in [6.07, 6.45) is 2.37. The number of nitrogens with one attached hydrogen (secondary N) is 1. The molecule has 0 radical (unpaired) electrons. The number of rotatable bonds is 8. The van der Waals surface area contributed by atoms with E-state index >= 15 is 0 Å². The number of carboxylic acid groups (broad SMARTS) is 1. The minimum Gasteiger partial charge on any atom is -0.480 e. The van der Waals surface area contributed by atoms with E-state index in [-0.39, 0.29) is 5.56 Å².